The van der Waals surface area contributed by atoms with Gasteiger partial charge < -0.3 is 0 Å². The Balaban J connectivity index is 1.59. The van der Waals surface area contributed by atoms with Crippen LogP contribution in [0.4, 0.5) is 0 Å². The highest BCUT2D eigenvalue weighted by Gasteiger charge is 2.15. The first-order valence-electron chi connectivity index (χ1n) is 6.57. The summed E-state index contributed by atoms with van der Waals surface area (Å²) in [6, 6.07) is 7.66. The Labute approximate surface area is 144 Å². The van der Waals surface area contributed by atoms with Crippen LogP contribution >= 0.6 is 46.5 Å². The van der Waals surface area contributed by atoms with Gasteiger partial charge in [-0.25, -0.2) is 0 Å². The maximum Gasteiger partial charge on any atom is 0.235 e. The van der Waals surface area contributed by atoms with E-state index in [0.717, 1.165) is 48.8 Å². The van der Waals surface area contributed by atoms with E-state index in [1.165, 1.54) is 11.3 Å². The molecule has 0 fully saturated rings. The zero-order chi connectivity index (χ0) is 14.9. The fraction of sp³-hybridized carbons (Fsp3) is 0.231. The third-order valence-corrected chi connectivity index (χ3v) is 6.48. The average Bonchev–Trinajstić information content (AvgIpc) is 3.23. The minimum absolute atomic E-state index is 0.721. The molecule has 0 spiro atoms. The molecular formula is C13H10ClN5S3. The molecule has 3 heterocycles. The van der Waals surface area contributed by atoms with Crippen molar-refractivity contribution in [3.8, 4) is 10.6 Å². The first-order valence-corrected chi connectivity index (χ1v) is 9.73. The normalized spacial score (nSPS) is 14.7. The van der Waals surface area contributed by atoms with Crippen molar-refractivity contribution < 1.29 is 0 Å². The number of benzene rings is 1. The van der Waals surface area contributed by atoms with Crippen molar-refractivity contribution in [2.24, 2.45) is 4.99 Å². The van der Waals surface area contributed by atoms with E-state index in [9.17, 15) is 0 Å². The molecule has 0 radical (unpaired) electrons. The van der Waals surface area contributed by atoms with Gasteiger partial charge in [-0.05, 0) is 12.1 Å². The maximum atomic E-state index is 5.92. The van der Waals surface area contributed by atoms with Crippen LogP contribution in [0.1, 0.15) is 5.82 Å². The maximum absolute atomic E-state index is 5.92. The van der Waals surface area contributed by atoms with E-state index in [1.807, 2.05) is 28.8 Å². The first kappa shape index (κ1) is 14.5. The molecule has 0 N–H and O–H groups in total. The summed E-state index contributed by atoms with van der Waals surface area (Å²) in [5.74, 6) is 2.66. The summed E-state index contributed by atoms with van der Waals surface area (Å²) in [5, 5.41) is 14.7. The molecule has 0 amide bonds. The van der Waals surface area contributed by atoms with Gasteiger partial charge in [-0.15, -0.1) is 10.2 Å². The summed E-state index contributed by atoms with van der Waals surface area (Å²) < 4.78 is 2.95. The van der Waals surface area contributed by atoms with Gasteiger partial charge in [0.1, 0.15) is 9.38 Å². The molecule has 4 rings (SSSR count). The van der Waals surface area contributed by atoms with E-state index < -0.39 is 0 Å². The van der Waals surface area contributed by atoms with E-state index in [2.05, 4.69) is 20.3 Å². The van der Waals surface area contributed by atoms with Crippen LogP contribution in [0.5, 0.6) is 0 Å². The van der Waals surface area contributed by atoms with E-state index in [-0.39, 0.29) is 0 Å². The van der Waals surface area contributed by atoms with Crippen molar-refractivity contribution in [3.05, 3.63) is 35.1 Å². The van der Waals surface area contributed by atoms with Crippen molar-refractivity contribution in [1.82, 2.24) is 19.8 Å². The summed E-state index contributed by atoms with van der Waals surface area (Å²) >= 11 is 10.9. The molecule has 0 unspecified atom stereocenters. The van der Waals surface area contributed by atoms with Gasteiger partial charge in [-0.2, -0.15) is 9.61 Å². The van der Waals surface area contributed by atoms with Crippen molar-refractivity contribution >= 4 is 55.8 Å². The van der Waals surface area contributed by atoms with Crippen LogP contribution in [0.2, 0.25) is 5.02 Å². The minimum atomic E-state index is 0.721. The molecule has 0 saturated heterocycles. The molecule has 0 saturated carbocycles. The number of aromatic nitrogens is 4. The van der Waals surface area contributed by atoms with Crippen molar-refractivity contribution in [2.45, 2.75) is 5.75 Å². The number of hydrogen-bond acceptors (Lipinski definition) is 7. The highest BCUT2D eigenvalue weighted by molar-refractivity contribution is 8.38. The van der Waals surface area contributed by atoms with Crippen LogP contribution in [-0.4, -0.2) is 36.5 Å². The molecule has 3 aromatic rings. The minimum Gasteiger partial charge on any atom is -0.271 e. The van der Waals surface area contributed by atoms with Crippen molar-refractivity contribution in [2.75, 3.05) is 12.3 Å². The molecule has 0 aliphatic carbocycles. The van der Waals surface area contributed by atoms with Crippen LogP contribution < -0.4 is 0 Å². The lowest BCUT2D eigenvalue weighted by Crippen LogP contribution is -1.95. The number of rotatable bonds is 3. The molecule has 0 bridgehead atoms. The molecule has 22 heavy (non-hydrogen) atoms. The number of hydrogen-bond donors (Lipinski definition) is 0. The lowest BCUT2D eigenvalue weighted by Gasteiger charge is -1.97. The summed E-state index contributed by atoms with van der Waals surface area (Å²) in [7, 11) is 0. The SMILES string of the molecule is Clc1ccc(-c2nn3c(CSC4=NCCS4)nnc3s2)cc1. The number of halogens is 1. The zero-order valence-corrected chi connectivity index (χ0v) is 14.5. The van der Waals surface area contributed by atoms with Crippen LogP contribution in [0, 0.1) is 0 Å². The van der Waals surface area contributed by atoms with Crippen LogP contribution in [-0.2, 0) is 5.75 Å². The lowest BCUT2D eigenvalue weighted by molar-refractivity contribution is 0.888. The van der Waals surface area contributed by atoms with Crippen molar-refractivity contribution in [1.29, 1.82) is 0 Å². The number of fused-ring (bicyclic) bond motifs is 1. The third kappa shape index (κ3) is 2.88. The predicted molar refractivity (Wildman–Crippen MR) is 95.2 cm³/mol. The highest BCUT2D eigenvalue weighted by Crippen LogP contribution is 2.28. The number of thioether (sulfide) groups is 2. The van der Waals surface area contributed by atoms with Crippen LogP contribution in [0.15, 0.2) is 29.3 Å². The third-order valence-electron chi connectivity index (χ3n) is 3.03. The summed E-state index contributed by atoms with van der Waals surface area (Å²) in [6.07, 6.45) is 0. The zero-order valence-electron chi connectivity index (χ0n) is 11.3. The summed E-state index contributed by atoms with van der Waals surface area (Å²) in [5.41, 5.74) is 1.04. The van der Waals surface area contributed by atoms with Gasteiger partial charge in [-0.1, -0.05) is 58.6 Å². The topological polar surface area (TPSA) is 55.4 Å². The Hall–Kier alpha value is -1.09. The van der Waals surface area contributed by atoms with Gasteiger partial charge in [0.05, 0.1) is 12.3 Å². The fourth-order valence-electron chi connectivity index (χ4n) is 1.99. The standard InChI is InChI=1S/C13H10ClN5S3/c14-9-3-1-8(2-4-9)11-18-19-10(16-17-12(19)22-11)7-21-13-15-5-6-20-13/h1-4H,5-7H2. The number of nitrogens with zero attached hydrogens (tertiary/aromatic N) is 5. The van der Waals surface area contributed by atoms with Gasteiger partial charge in [0.2, 0.25) is 4.96 Å². The molecule has 112 valence electrons. The summed E-state index contributed by atoms with van der Waals surface area (Å²) in [6.45, 7) is 0.916. The Morgan fingerprint density at radius 3 is 2.86 bits per heavy atom. The molecule has 0 atom stereocenters. The highest BCUT2D eigenvalue weighted by atomic mass is 35.5. The fourth-order valence-corrected chi connectivity index (χ4v) is 4.89. The molecule has 1 aliphatic rings. The lowest BCUT2D eigenvalue weighted by atomic mass is 10.2. The predicted octanol–water partition coefficient (Wildman–Crippen LogP) is 3.84. The van der Waals surface area contributed by atoms with Gasteiger partial charge >= 0.3 is 0 Å². The van der Waals surface area contributed by atoms with Gasteiger partial charge in [0, 0.05) is 16.3 Å². The van der Waals surface area contributed by atoms with E-state index >= 15 is 0 Å². The first-order chi connectivity index (χ1) is 10.8. The second-order valence-corrected chi connectivity index (χ2v) is 8.21. The van der Waals surface area contributed by atoms with Crippen molar-refractivity contribution in [3.63, 3.8) is 0 Å². The van der Waals surface area contributed by atoms with Gasteiger partial charge in [0.15, 0.2) is 5.82 Å². The molecule has 9 heteroatoms. The second-order valence-electron chi connectivity index (χ2n) is 4.51. The van der Waals surface area contributed by atoms with E-state index in [4.69, 9.17) is 11.6 Å². The monoisotopic (exact) mass is 367 g/mol. The molecule has 5 nitrogen and oxygen atoms in total. The molecule has 1 aromatic carbocycles. The van der Waals surface area contributed by atoms with Crippen LogP contribution in [0.3, 0.4) is 0 Å². The van der Waals surface area contributed by atoms with Gasteiger partial charge in [0.25, 0.3) is 0 Å². The molecule has 1 aliphatic heterocycles. The molecule has 2 aromatic heterocycles. The number of aliphatic imine (C=N–C) groups is 1. The smallest absolute Gasteiger partial charge is 0.235 e. The van der Waals surface area contributed by atoms with Gasteiger partial charge in [-0.3, -0.25) is 4.99 Å². The Kier molecular flexibility index (Phi) is 4.08. The van der Waals surface area contributed by atoms with Crippen LogP contribution in [0.25, 0.3) is 15.5 Å². The Bertz CT molecular complexity index is 839. The largest absolute Gasteiger partial charge is 0.271 e. The quantitative estimate of drug-likeness (QED) is 0.703. The Morgan fingerprint density at radius 2 is 2.09 bits per heavy atom. The second kappa shape index (κ2) is 6.19. The van der Waals surface area contributed by atoms with E-state index in [0.29, 0.717) is 0 Å². The Morgan fingerprint density at radius 1 is 1.23 bits per heavy atom. The summed E-state index contributed by atoms with van der Waals surface area (Å²) in [4.78, 5) is 5.24. The van der Waals surface area contributed by atoms with E-state index in [1.54, 1.807) is 23.5 Å². The molecular weight excluding hydrogens is 358 g/mol. The average molecular weight is 368 g/mol.